The van der Waals surface area contributed by atoms with Crippen molar-refractivity contribution in [1.29, 1.82) is 0 Å². The fraction of sp³-hybridized carbons (Fsp3) is 0.333. The van der Waals surface area contributed by atoms with Crippen LogP contribution in [0.2, 0.25) is 0 Å². The van der Waals surface area contributed by atoms with Crippen molar-refractivity contribution in [2.75, 3.05) is 11.4 Å². The van der Waals surface area contributed by atoms with E-state index < -0.39 is 11.9 Å². The van der Waals surface area contributed by atoms with E-state index in [0.29, 0.717) is 6.54 Å². The molecular weight excluding hydrogens is 206 g/mol. The van der Waals surface area contributed by atoms with Gasteiger partial charge >= 0.3 is 5.97 Å². The lowest BCUT2D eigenvalue weighted by Crippen LogP contribution is -2.29. The first-order valence-corrected chi connectivity index (χ1v) is 5.27. The minimum Gasteiger partial charge on any atom is -0.481 e. The molecule has 1 aliphatic rings. The van der Waals surface area contributed by atoms with Crippen LogP contribution >= 0.6 is 0 Å². The predicted octanol–water partition coefficient (Wildman–Crippen LogP) is 1.61. The summed E-state index contributed by atoms with van der Waals surface area (Å²) in [6.07, 6.45) is -0.133. The monoisotopic (exact) mass is 219 g/mol. The second-order valence-electron chi connectivity index (χ2n) is 3.79. The molecule has 0 saturated carbocycles. The molecule has 1 aliphatic heterocycles. The molecule has 4 nitrogen and oxygen atoms in total. The standard InChI is InChI=1S/C12H13NO3/c1-2-13-10-6-4-3-5-8(10)9(12(13)16)7-11(14)15/h3-6,9H,2,7H2,1H3,(H,14,15). The predicted molar refractivity (Wildman–Crippen MR) is 59.5 cm³/mol. The minimum atomic E-state index is -0.939. The lowest BCUT2D eigenvalue weighted by molar-refractivity contribution is -0.139. The number of nitrogens with zero attached hydrogens (tertiary/aromatic N) is 1. The van der Waals surface area contributed by atoms with E-state index in [-0.39, 0.29) is 12.3 Å². The van der Waals surface area contributed by atoms with Crippen molar-refractivity contribution in [3.05, 3.63) is 29.8 Å². The SMILES string of the molecule is CCN1C(=O)C(CC(=O)O)c2ccccc21. The van der Waals surface area contributed by atoms with Crippen molar-refractivity contribution in [2.45, 2.75) is 19.3 Å². The molecule has 0 radical (unpaired) electrons. The molecule has 4 heteroatoms. The highest BCUT2D eigenvalue weighted by Crippen LogP contribution is 2.38. The average molecular weight is 219 g/mol. The Morgan fingerprint density at radius 3 is 2.75 bits per heavy atom. The van der Waals surface area contributed by atoms with Crippen molar-refractivity contribution >= 4 is 17.6 Å². The van der Waals surface area contributed by atoms with Gasteiger partial charge in [0, 0.05) is 12.2 Å². The van der Waals surface area contributed by atoms with Gasteiger partial charge in [-0.2, -0.15) is 0 Å². The van der Waals surface area contributed by atoms with Gasteiger partial charge in [-0.1, -0.05) is 18.2 Å². The molecule has 0 saturated heterocycles. The van der Waals surface area contributed by atoms with Gasteiger partial charge in [-0.15, -0.1) is 0 Å². The van der Waals surface area contributed by atoms with Crippen LogP contribution in [0.4, 0.5) is 5.69 Å². The molecule has 0 aromatic heterocycles. The summed E-state index contributed by atoms with van der Waals surface area (Å²) in [5.41, 5.74) is 1.68. The zero-order valence-corrected chi connectivity index (χ0v) is 9.01. The van der Waals surface area contributed by atoms with Crippen LogP contribution in [0.3, 0.4) is 0 Å². The average Bonchev–Trinajstić information content (AvgIpc) is 2.52. The van der Waals surface area contributed by atoms with E-state index in [1.54, 1.807) is 4.90 Å². The van der Waals surface area contributed by atoms with Crippen LogP contribution in [0, 0.1) is 0 Å². The third kappa shape index (κ3) is 1.56. The zero-order chi connectivity index (χ0) is 11.7. The molecule has 0 aliphatic carbocycles. The maximum Gasteiger partial charge on any atom is 0.304 e. The number of aliphatic carboxylic acids is 1. The first kappa shape index (κ1) is 10.7. The van der Waals surface area contributed by atoms with Crippen molar-refractivity contribution in [2.24, 2.45) is 0 Å². The molecule has 16 heavy (non-hydrogen) atoms. The van der Waals surface area contributed by atoms with E-state index in [4.69, 9.17) is 5.11 Å². The van der Waals surface area contributed by atoms with E-state index in [9.17, 15) is 9.59 Å². The van der Waals surface area contributed by atoms with Crippen LogP contribution in [0.25, 0.3) is 0 Å². The number of likely N-dealkylation sites (N-methyl/N-ethyl adjacent to an activating group) is 1. The Morgan fingerprint density at radius 2 is 2.12 bits per heavy atom. The molecule has 1 heterocycles. The van der Waals surface area contributed by atoms with E-state index in [2.05, 4.69) is 0 Å². The number of para-hydroxylation sites is 1. The van der Waals surface area contributed by atoms with Crippen LogP contribution < -0.4 is 4.90 Å². The topological polar surface area (TPSA) is 57.6 Å². The summed E-state index contributed by atoms with van der Waals surface area (Å²) < 4.78 is 0. The Kier molecular flexibility index (Phi) is 2.64. The van der Waals surface area contributed by atoms with Crippen LogP contribution in [0.5, 0.6) is 0 Å². The van der Waals surface area contributed by atoms with Gasteiger partial charge in [0.2, 0.25) is 5.91 Å². The highest BCUT2D eigenvalue weighted by Gasteiger charge is 2.37. The molecule has 0 fully saturated rings. The van der Waals surface area contributed by atoms with Crippen molar-refractivity contribution in [3.8, 4) is 0 Å². The molecule has 1 aromatic rings. The van der Waals surface area contributed by atoms with Gasteiger partial charge < -0.3 is 10.0 Å². The van der Waals surface area contributed by atoms with Gasteiger partial charge in [-0.3, -0.25) is 9.59 Å². The summed E-state index contributed by atoms with van der Waals surface area (Å²) >= 11 is 0. The number of carboxylic acid groups (broad SMARTS) is 1. The Bertz CT molecular complexity index is 442. The number of anilines is 1. The Morgan fingerprint density at radius 1 is 1.44 bits per heavy atom. The summed E-state index contributed by atoms with van der Waals surface area (Å²) in [5.74, 6) is -1.56. The van der Waals surface area contributed by atoms with E-state index in [1.807, 2.05) is 31.2 Å². The van der Waals surface area contributed by atoms with Crippen LogP contribution in [0.15, 0.2) is 24.3 Å². The number of carbonyl (C=O) groups is 2. The van der Waals surface area contributed by atoms with E-state index in [1.165, 1.54) is 0 Å². The lowest BCUT2D eigenvalue weighted by atomic mass is 9.97. The first-order valence-electron chi connectivity index (χ1n) is 5.27. The molecule has 2 rings (SSSR count). The summed E-state index contributed by atoms with van der Waals surface area (Å²) in [6, 6.07) is 7.38. The quantitative estimate of drug-likeness (QED) is 0.840. The fourth-order valence-electron chi connectivity index (χ4n) is 2.17. The number of benzene rings is 1. The number of carbonyl (C=O) groups excluding carboxylic acids is 1. The highest BCUT2D eigenvalue weighted by molar-refractivity contribution is 6.06. The van der Waals surface area contributed by atoms with Gasteiger partial charge in [-0.05, 0) is 18.6 Å². The second-order valence-corrected chi connectivity index (χ2v) is 3.79. The van der Waals surface area contributed by atoms with Gasteiger partial charge in [-0.25, -0.2) is 0 Å². The molecule has 0 spiro atoms. The van der Waals surface area contributed by atoms with Crippen LogP contribution in [0.1, 0.15) is 24.8 Å². The smallest absolute Gasteiger partial charge is 0.304 e. The Balaban J connectivity index is 2.42. The summed E-state index contributed by atoms with van der Waals surface area (Å²) in [5, 5.41) is 8.81. The first-order chi connectivity index (χ1) is 7.65. The second kappa shape index (κ2) is 3.96. The van der Waals surface area contributed by atoms with Gasteiger partial charge in [0.1, 0.15) is 0 Å². The maximum absolute atomic E-state index is 12.0. The number of carboxylic acids is 1. The third-order valence-electron chi connectivity index (χ3n) is 2.86. The molecule has 1 N–H and O–H groups in total. The maximum atomic E-state index is 12.0. The number of rotatable bonds is 3. The number of hydrogen-bond acceptors (Lipinski definition) is 2. The van der Waals surface area contributed by atoms with Crippen molar-refractivity contribution < 1.29 is 14.7 Å². The minimum absolute atomic E-state index is 0.105. The van der Waals surface area contributed by atoms with Crippen molar-refractivity contribution in [3.63, 3.8) is 0 Å². The molecule has 1 unspecified atom stereocenters. The van der Waals surface area contributed by atoms with Gasteiger partial charge in [0.15, 0.2) is 0 Å². The molecule has 1 aromatic carbocycles. The summed E-state index contributed by atoms with van der Waals surface area (Å²) in [7, 11) is 0. The molecule has 1 amide bonds. The van der Waals surface area contributed by atoms with Crippen LogP contribution in [-0.2, 0) is 9.59 Å². The highest BCUT2D eigenvalue weighted by atomic mass is 16.4. The normalized spacial score (nSPS) is 18.7. The van der Waals surface area contributed by atoms with Crippen molar-refractivity contribution in [1.82, 2.24) is 0 Å². The van der Waals surface area contributed by atoms with E-state index >= 15 is 0 Å². The molecular formula is C12H13NO3. The lowest BCUT2D eigenvalue weighted by Gasteiger charge is -2.14. The number of amides is 1. The molecule has 1 atom stereocenters. The number of hydrogen-bond donors (Lipinski definition) is 1. The van der Waals surface area contributed by atoms with Gasteiger partial charge in [0.25, 0.3) is 0 Å². The van der Waals surface area contributed by atoms with Crippen LogP contribution in [-0.4, -0.2) is 23.5 Å². The zero-order valence-electron chi connectivity index (χ0n) is 9.01. The molecule has 84 valence electrons. The largest absolute Gasteiger partial charge is 0.481 e. The van der Waals surface area contributed by atoms with E-state index in [0.717, 1.165) is 11.3 Å². The molecule has 0 bridgehead atoms. The third-order valence-corrected chi connectivity index (χ3v) is 2.86. The Hall–Kier alpha value is -1.84. The summed E-state index contributed by atoms with van der Waals surface area (Å²) in [4.78, 5) is 24.4. The summed E-state index contributed by atoms with van der Waals surface area (Å²) in [6.45, 7) is 2.46. The number of fused-ring (bicyclic) bond motifs is 1. The fourth-order valence-corrected chi connectivity index (χ4v) is 2.17. The Labute approximate surface area is 93.5 Å². The van der Waals surface area contributed by atoms with Gasteiger partial charge in [0.05, 0.1) is 12.3 Å².